The van der Waals surface area contributed by atoms with Crippen molar-refractivity contribution in [2.75, 3.05) is 25.5 Å². The number of nitrogens with zero attached hydrogens (tertiary/aromatic N) is 1. The quantitative estimate of drug-likeness (QED) is 0.596. The van der Waals surface area contributed by atoms with Crippen molar-refractivity contribution in [3.63, 3.8) is 0 Å². The van der Waals surface area contributed by atoms with Crippen molar-refractivity contribution in [1.82, 2.24) is 9.79 Å². The zero-order valence-corrected chi connectivity index (χ0v) is 17.6. The van der Waals surface area contributed by atoms with Gasteiger partial charge in [0.1, 0.15) is 17.6 Å². The van der Waals surface area contributed by atoms with E-state index in [1.165, 1.54) is 7.11 Å². The number of carbonyl (C=O) groups excluding carboxylic acids is 1. The first-order valence-electron chi connectivity index (χ1n) is 9.29. The van der Waals surface area contributed by atoms with E-state index in [9.17, 15) is 26.4 Å². The van der Waals surface area contributed by atoms with Crippen molar-refractivity contribution < 1.29 is 40.7 Å². The molecule has 1 saturated heterocycles. The van der Waals surface area contributed by atoms with E-state index in [4.69, 9.17) is 9.57 Å². The van der Waals surface area contributed by atoms with Gasteiger partial charge in [-0.3, -0.25) is 4.84 Å². The van der Waals surface area contributed by atoms with E-state index in [-0.39, 0.29) is 18.0 Å². The fourth-order valence-corrected chi connectivity index (χ4v) is 4.43. The van der Waals surface area contributed by atoms with Gasteiger partial charge in [-0.05, 0) is 55.0 Å². The van der Waals surface area contributed by atoms with Gasteiger partial charge in [0.25, 0.3) is 0 Å². The number of rotatable bonds is 7. The van der Waals surface area contributed by atoms with Crippen LogP contribution in [0, 0.1) is 0 Å². The fourth-order valence-electron chi connectivity index (χ4n) is 2.94. The van der Waals surface area contributed by atoms with Crippen LogP contribution in [0.15, 0.2) is 53.4 Å². The summed E-state index contributed by atoms with van der Waals surface area (Å²) < 4.78 is 72.0. The summed E-state index contributed by atoms with van der Waals surface area (Å²) >= 11 is 0. The van der Waals surface area contributed by atoms with Gasteiger partial charge in [0, 0.05) is 18.8 Å². The largest absolute Gasteiger partial charge is 0.573 e. The van der Waals surface area contributed by atoms with Crippen LogP contribution in [0.1, 0.15) is 6.42 Å². The van der Waals surface area contributed by atoms with Crippen molar-refractivity contribution in [3.05, 3.63) is 48.5 Å². The Morgan fingerprint density at radius 1 is 1.06 bits per heavy atom. The molecule has 0 aliphatic carbocycles. The summed E-state index contributed by atoms with van der Waals surface area (Å²) in [5, 5.41) is 2.55. The number of anilines is 1. The van der Waals surface area contributed by atoms with Crippen LogP contribution in [0.25, 0.3) is 0 Å². The Morgan fingerprint density at radius 2 is 1.69 bits per heavy atom. The van der Waals surface area contributed by atoms with Crippen LogP contribution >= 0.6 is 0 Å². The molecule has 32 heavy (non-hydrogen) atoms. The highest BCUT2D eigenvalue weighted by Gasteiger charge is 2.34. The second kappa shape index (κ2) is 9.63. The highest BCUT2D eigenvalue weighted by atomic mass is 32.2. The molecule has 2 aromatic rings. The molecule has 0 bridgehead atoms. The predicted octanol–water partition coefficient (Wildman–Crippen LogP) is 3.11. The molecule has 9 nitrogen and oxygen atoms in total. The SMILES string of the molecule is COc1ccc(NC(=O)NOC2CCN(S(=O)(=O)c3ccc(OC(F)(F)F)cc3)C2)cc1. The minimum Gasteiger partial charge on any atom is -0.497 e. The molecule has 1 unspecified atom stereocenters. The van der Waals surface area contributed by atoms with Gasteiger partial charge in [-0.1, -0.05) is 0 Å². The zero-order valence-electron chi connectivity index (χ0n) is 16.8. The van der Waals surface area contributed by atoms with Crippen LogP contribution in [-0.2, 0) is 14.9 Å². The van der Waals surface area contributed by atoms with Crippen molar-refractivity contribution >= 4 is 21.7 Å². The van der Waals surface area contributed by atoms with E-state index < -0.39 is 34.3 Å². The van der Waals surface area contributed by atoms with Crippen LogP contribution in [0.2, 0.25) is 0 Å². The summed E-state index contributed by atoms with van der Waals surface area (Å²) in [6.45, 7) is 0.0849. The molecule has 174 valence electrons. The summed E-state index contributed by atoms with van der Waals surface area (Å²) in [7, 11) is -2.43. The molecule has 1 atom stereocenters. The molecule has 0 radical (unpaired) electrons. The number of hydrogen-bond acceptors (Lipinski definition) is 6. The first-order valence-corrected chi connectivity index (χ1v) is 10.7. The fraction of sp³-hybridized carbons (Fsp3) is 0.316. The van der Waals surface area contributed by atoms with E-state index in [1.807, 2.05) is 0 Å². The predicted molar refractivity (Wildman–Crippen MR) is 107 cm³/mol. The molecule has 0 spiro atoms. The third-order valence-electron chi connectivity index (χ3n) is 4.47. The summed E-state index contributed by atoms with van der Waals surface area (Å²) in [5.74, 6) is 0.105. The number of methoxy groups -OCH3 is 1. The van der Waals surface area contributed by atoms with E-state index in [2.05, 4.69) is 15.5 Å². The Labute approximate surface area is 182 Å². The number of amides is 2. The van der Waals surface area contributed by atoms with Gasteiger partial charge in [-0.25, -0.2) is 18.7 Å². The first kappa shape index (κ1) is 23.6. The number of sulfonamides is 1. The Kier molecular flexibility index (Phi) is 7.11. The lowest BCUT2D eigenvalue weighted by atomic mass is 10.3. The molecule has 3 rings (SSSR count). The van der Waals surface area contributed by atoms with E-state index >= 15 is 0 Å². The van der Waals surface area contributed by atoms with Gasteiger partial charge >= 0.3 is 12.4 Å². The smallest absolute Gasteiger partial charge is 0.497 e. The number of nitrogens with one attached hydrogen (secondary N) is 2. The molecular formula is C19H20F3N3O6S. The summed E-state index contributed by atoms with van der Waals surface area (Å²) in [6, 6.07) is 9.87. The molecule has 13 heteroatoms. The first-order chi connectivity index (χ1) is 15.1. The summed E-state index contributed by atoms with van der Waals surface area (Å²) in [4.78, 5) is 17.0. The summed E-state index contributed by atoms with van der Waals surface area (Å²) in [5.41, 5.74) is 2.72. The van der Waals surface area contributed by atoms with Gasteiger partial charge in [0.15, 0.2) is 0 Å². The lowest BCUT2D eigenvalue weighted by Gasteiger charge is -2.17. The number of ether oxygens (including phenoxy) is 2. The van der Waals surface area contributed by atoms with Crippen LogP contribution in [0.4, 0.5) is 23.7 Å². The van der Waals surface area contributed by atoms with Gasteiger partial charge < -0.3 is 14.8 Å². The number of hydrogen-bond donors (Lipinski definition) is 2. The van der Waals surface area contributed by atoms with Gasteiger partial charge in [-0.15, -0.1) is 13.2 Å². The molecular weight excluding hydrogens is 455 g/mol. The number of halogens is 3. The van der Waals surface area contributed by atoms with E-state index in [1.54, 1.807) is 24.3 Å². The zero-order chi connectivity index (χ0) is 23.4. The molecule has 2 aromatic carbocycles. The summed E-state index contributed by atoms with van der Waals surface area (Å²) in [6.07, 6.45) is -5.15. The maximum atomic E-state index is 12.7. The Morgan fingerprint density at radius 3 is 2.28 bits per heavy atom. The Balaban J connectivity index is 1.51. The lowest BCUT2D eigenvalue weighted by Crippen LogP contribution is -2.35. The van der Waals surface area contributed by atoms with Crippen LogP contribution in [0.3, 0.4) is 0 Å². The van der Waals surface area contributed by atoms with E-state index in [0.29, 0.717) is 17.9 Å². The van der Waals surface area contributed by atoms with Crippen molar-refractivity contribution in [2.24, 2.45) is 0 Å². The van der Waals surface area contributed by atoms with Crippen molar-refractivity contribution in [1.29, 1.82) is 0 Å². The van der Waals surface area contributed by atoms with Gasteiger partial charge in [-0.2, -0.15) is 4.31 Å². The third-order valence-corrected chi connectivity index (χ3v) is 6.35. The van der Waals surface area contributed by atoms with Gasteiger partial charge in [0.2, 0.25) is 10.0 Å². The molecule has 1 heterocycles. The number of benzene rings is 2. The standard InChI is InChI=1S/C19H20F3N3O6S/c1-29-14-4-2-13(3-5-14)23-18(26)24-31-16-10-11-25(12-16)32(27,28)17-8-6-15(7-9-17)30-19(20,21)22/h2-9,16H,10-12H2,1H3,(H2,23,24,26). The maximum absolute atomic E-state index is 12.7. The lowest BCUT2D eigenvalue weighted by molar-refractivity contribution is -0.274. The monoisotopic (exact) mass is 475 g/mol. The molecule has 0 aromatic heterocycles. The molecule has 2 N–H and O–H groups in total. The molecule has 1 fully saturated rings. The molecule has 2 amide bonds. The minimum absolute atomic E-state index is 0.0358. The molecule has 0 saturated carbocycles. The van der Waals surface area contributed by atoms with Crippen LogP contribution in [0.5, 0.6) is 11.5 Å². The number of alkyl halides is 3. The number of hydroxylamine groups is 1. The number of carbonyl (C=O) groups is 1. The third kappa shape index (κ3) is 6.24. The second-order valence-corrected chi connectivity index (χ2v) is 8.63. The Hall–Kier alpha value is -3.03. The maximum Gasteiger partial charge on any atom is 0.573 e. The topological polar surface area (TPSA) is 106 Å². The van der Waals surface area contributed by atoms with Crippen LogP contribution < -0.4 is 20.3 Å². The molecule has 1 aliphatic heterocycles. The second-order valence-electron chi connectivity index (χ2n) is 6.70. The number of urea groups is 1. The van der Waals surface area contributed by atoms with E-state index in [0.717, 1.165) is 28.6 Å². The normalized spacial score (nSPS) is 17.1. The Bertz CT molecular complexity index is 1030. The average molecular weight is 475 g/mol. The molecule has 1 aliphatic rings. The van der Waals surface area contributed by atoms with Crippen LogP contribution in [-0.4, -0.2) is 51.4 Å². The van der Waals surface area contributed by atoms with Gasteiger partial charge in [0.05, 0.1) is 12.0 Å². The van der Waals surface area contributed by atoms with Crippen molar-refractivity contribution in [2.45, 2.75) is 23.8 Å². The van der Waals surface area contributed by atoms with Crippen molar-refractivity contribution in [3.8, 4) is 11.5 Å². The average Bonchev–Trinajstić information content (AvgIpc) is 3.22. The minimum atomic E-state index is -4.87. The highest BCUT2D eigenvalue weighted by molar-refractivity contribution is 7.89. The highest BCUT2D eigenvalue weighted by Crippen LogP contribution is 2.27.